The molecular weight excluding hydrogens is 237 g/mol. The SMILES string of the molecule is C=CC(=O)NCCc1cc(F)cc2c1OCOC2. The molecule has 1 aliphatic rings. The minimum Gasteiger partial charge on any atom is -0.467 e. The van der Waals surface area contributed by atoms with E-state index >= 15 is 0 Å². The summed E-state index contributed by atoms with van der Waals surface area (Å²) in [6, 6.07) is 2.82. The maximum Gasteiger partial charge on any atom is 0.243 e. The van der Waals surface area contributed by atoms with E-state index in [0.717, 1.165) is 5.56 Å². The summed E-state index contributed by atoms with van der Waals surface area (Å²) in [7, 11) is 0. The van der Waals surface area contributed by atoms with Crippen molar-refractivity contribution in [2.45, 2.75) is 13.0 Å². The van der Waals surface area contributed by atoms with Gasteiger partial charge in [0, 0.05) is 12.1 Å². The summed E-state index contributed by atoms with van der Waals surface area (Å²) in [6.45, 7) is 4.28. The summed E-state index contributed by atoms with van der Waals surface area (Å²) in [5.41, 5.74) is 1.43. The van der Waals surface area contributed by atoms with Gasteiger partial charge in [-0.15, -0.1) is 0 Å². The van der Waals surface area contributed by atoms with Crippen molar-refractivity contribution in [2.75, 3.05) is 13.3 Å². The average Bonchev–Trinajstić information content (AvgIpc) is 2.38. The lowest BCUT2D eigenvalue weighted by Crippen LogP contribution is -2.24. The molecule has 0 bridgehead atoms. The number of carbonyl (C=O) groups is 1. The topological polar surface area (TPSA) is 47.6 Å². The first-order chi connectivity index (χ1) is 8.70. The van der Waals surface area contributed by atoms with Crippen molar-refractivity contribution in [3.63, 3.8) is 0 Å². The summed E-state index contributed by atoms with van der Waals surface area (Å²) >= 11 is 0. The molecule has 18 heavy (non-hydrogen) atoms. The van der Waals surface area contributed by atoms with Crippen LogP contribution < -0.4 is 10.1 Å². The van der Waals surface area contributed by atoms with Crippen LogP contribution in [0.3, 0.4) is 0 Å². The van der Waals surface area contributed by atoms with Crippen molar-refractivity contribution in [1.29, 1.82) is 0 Å². The van der Waals surface area contributed by atoms with Gasteiger partial charge in [0.1, 0.15) is 11.6 Å². The molecule has 1 heterocycles. The zero-order valence-corrected chi connectivity index (χ0v) is 9.87. The molecule has 0 aliphatic carbocycles. The van der Waals surface area contributed by atoms with E-state index < -0.39 is 0 Å². The van der Waals surface area contributed by atoms with E-state index in [9.17, 15) is 9.18 Å². The molecular formula is C13H14FNO3. The predicted octanol–water partition coefficient (Wildman–Crippen LogP) is 1.54. The lowest BCUT2D eigenvalue weighted by atomic mass is 10.1. The lowest BCUT2D eigenvalue weighted by Gasteiger charge is -2.20. The Bertz CT molecular complexity index is 474. The van der Waals surface area contributed by atoms with Gasteiger partial charge in [0.2, 0.25) is 5.91 Å². The quantitative estimate of drug-likeness (QED) is 0.826. The highest BCUT2D eigenvalue weighted by molar-refractivity contribution is 5.86. The molecule has 0 aromatic heterocycles. The normalized spacial score (nSPS) is 13.4. The van der Waals surface area contributed by atoms with Gasteiger partial charge in [-0.05, 0) is 30.2 Å². The molecule has 1 N–H and O–H groups in total. The van der Waals surface area contributed by atoms with Gasteiger partial charge >= 0.3 is 0 Å². The highest BCUT2D eigenvalue weighted by Crippen LogP contribution is 2.29. The molecule has 0 saturated carbocycles. The number of hydrogen-bond acceptors (Lipinski definition) is 3. The van der Waals surface area contributed by atoms with Gasteiger partial charge in [0.05, 0.1) is 6.61 Å². The number of ether oxygens (including phenoxy) is 2. The van der Waals surface area contributed by atoms with Crippen LogP contribution in [0.2, 0.25) is 0 Å². The van der Waals surface area contributed by atoms with E-state index in [0.29, 0.717) is 30.9 Å². The minimum absolute atomic E-state index is 0.171. The third-order valence-corrected chi connectivity index (χ3v) is 2.63. The van der Waals surface area contributed by atoms with Crippen LogP contribution in [-0.4, -0.2) is 19.2 Å². The highest BCUT2D eigenvalue weighted by Gasteiger charge is 2.16. The molecule has 0 saturated heterocycles. The molecule has 1 aromatic carbocycles. The number of carbonyl (C=O) groups excluding carboxylic acids is 1. The Kier molecular flexibility index (Phi) is 3.94. The Morgan fingerprint density at radius 1 is 1.56 bits per heavy atom. The van der Waals surface area contributed by atoms with Crippen molar-refractivity contribution < 1.29 is 18.7 Å². The fourth-order valence-electron chi connectivity index (χ4n) is 1.83. The van der Waals surface area contributed by atoms with E-state index in [1.807, 2.05) is 0 Å². The van der Waals surface area contributed by atoms with E-state index in [1.165, 1.54) is 18.2 Å². The fraction of sp³-hybridized carbons (Fsp3) is 0.308. The second-order valence-electron chi connectivity index (χ2n) is 3.91. The Balaban J connectivity index is 2.09. The number of nitrogens with one attached hydrogen (secondary N) is 1. The maximum atomic E-state index is 13.4. The first kappa shape index (κ1) is 12.6. The van der Waals surface area contributed by atoms with Crippen molar-refractivity contribution in [3.05, 3.63) is 41.7 Å². The smallest absolute Gasteiger partial charge is 0.243 e. The molecule has 0 unspecified atom stereocenters. The number of halogens is 1. The third-order valence-electron chi connectivity index (χ3n) is 2.63. The molecule has 0 fully saturated rings. The molecule has 1 aromatic rings. The first-order valence-electron chi connectivity index (χ1n) is 5.63. The minimum atomic E-state index is -0.326. The average molecular weight is 251 g/mol. The molecule has 0 atom stereocenters. The zero-order chi connectivity index (χ0) is 13.0. The second-order valence-corrected chi connectivity index (χ2v) is 3.91. The molecule has 5 heteroatoms. The van der Waals surface area contributed by atoms with Crippen LogP contribution in [0, 0.1) is 5.82 Å². The number of rotatable bonds is 4. The number of fused-ring (bicyclic) bond motifs is 1. The van der Waals surface area contributed by atoms with Gasteiger partial charge in [-0.3, -0.25) is 4.79 Å². The van der Waals surface area contributed by atoms with Crippen LogP contribution in [-0.2, 0) is 22.6 Å². The Morgan fingerprint density at radius 2 is 2.39 bits per heavy atom. The predicted molar refractivity (Wildman–Crippen MR) is 63.6 cm³/mol. The van der Waals surface area contributed by atoms with E-state index in [-0.39, 0.29) is 18.5 Å². The molecule has 0 radical (unpaired) electrons. The summed E-state index contributed by atoms with van der Waals surface area (Å²) in [4.78, 5) is 11.0. The van der Waals surface area contributed by atoms with Crippen molar-refractivity contribution in [1.82, 2.24) is 5.32 Å². The van der Waals surface area contributed by atoms with Gasteiger partial charge < -0.3 is 14.8 Å². The third kappa shape index (κ3) is 2.87. The second kappa shape index (κ2) is 5.64. The van der Waals surface area contributed by atoms with Crippen LogP contribution in [0.4, 0.5) is 4.39 Å². The number of benzene rings is 1. The monoisotopic (exact) mass is 251 g/mol. The fourth-order valence-corrected chi connectivity index (χ4v) is 1.83. The van der Waals surface area contributed by atoms with Crippen molar-refractivity contribution in [2.24, 2.45) is 0 Å². The molecule has 2 rings (SSSR count). The molecule has 96 valence electrons. The summed E-state index contributed by atoms with van der Waals surface area (Å²) in [5, 5.41) is 2.64. The molecule has 4 nitrogen and oxygen atoms in total. The Morgan fingerprint density at radius 3 is 3.17 bits per heavy atom. The van der Waals surface area contributed by atoms with Gasteiger partial charge in [-0.25, -0.2) is 4.39 Å². The molecule has 0 spiro atoms. The number of amides is 1. The largest absolute Gasteiger partial charge is 0.467 e. The van der Waals surface area contributed by atoms with E-state index in [2.05, 4.69) is 11.9 Å². The zero-order valence-electron chi connectivity index (χ0n) is 9.87. The number of hydrogen-bond donors (Lipinski definition) is 1. The van der Waals surface area contributed by atoms with Gasteiger partial charge in [-0.2, -0.15) is 0 Å². The van der Waals surface area contributed by atoms with Crippen molar-refractivity contribution >= 4 is 5.91 Å². The standard InChI is InChI=1S/C13H14FNO3/c1-2-12(16)15-4-3-9-5-11(14)6-10-7-17-8-18-13(9)10/h2,5-6H,1,3-4,7-8H2,(H,15,16). The van der Waals surface area contributed by atoms with Crippen LogP contribution in [0.25, 0.3) is 0 Å². The van der Waals surface area contributed by atoms with Crippen LogP contribution in [0.5, 0.6) is 5.75 Å². The summed E-state index contributed by atoms with van der Waals surface area (Å²) in [5.74, 6) is 0.0907. The maximum absolute atomic E-state index is 13.4. The van der Waals surface area contributed by atoms with E-state index in [1.54, 1.807) is 0 Å². The van der Waals surface area contributed by atoms with E-state index in [4.69, 9.17) is 9.47 Å². The van der Waals surface area contributed by atoms with Crippen LogP contribution in [0.1, 0.15) is 11.1 Å². The lowest BCUT2D eigenvalue weighted by molar-refractivity contribution is -0.116. The van der Waals surface area contributed by atoms with Crippen molar-refractivity contribution in [3.8, 4) is 5.75 Å². The van der Waals surface area contributed by atoms with Gasteiger partial charge in [0.25, 0.3) is 0 Å². The molecule has 1 aliphatic heterocycles. The van der Waals surface area contributed by atoms with Gasteiger partial charge in [-0.1, -0.05) is 6.58 Å². The first-order valence-corrected chi connectivity index (χ1v) is 5.63. The highest BCUT2D eigenvalue weighted by atomic mass is 19.1. The summed E-state index contributed by atoms with van der Waals surface area (Å²) < 4.78 is 23.9. The van der Waals surface area contributed by atoms with Gasteiger partial charge in [0.15, 0.2) is 6.79 Å². The Hall–Kier alpha value is -1.88. The van der Waals surface area contributed by atoms with Crippen LogP contribution >= 0.6 is 0 Å². The molecule has 1 amide bonds. The van der Waals surface area contributed by atoms with Crippen LogP contribution in [0.15, 0.2) is 24.8 Å². The summed E-state index contributed by atoms with van der Waals surface area (Å²) in [6.07, 6.45) is 1.70. The Labute approximate surface area is 104 Å².